The van der Waals surface area contributed by atoms with Crippen molar-refractivity contribution >= 4 is 39.2 Å². The molecule has 5 heteroatoms. The highest BCUT2D eigenvalue weighted by Crippen LogP contribution is 2.30. The van der Waals surface area contributed by atoms with Gasteiger partial charge < -0.3 is 0 Å². The summed E-state index contributed by atoms with van der Waals surface area (Å²) in [5.74, 6) is -0.974. The van der Waals surface area contributed by atoms with Crippen LogP contribution < -0.4 is 4.90 Å². The van der Waals surface area contributed by atoms with Gasteiger partial charge in [0, 0.05) is 5.56 Å². The molecule has 0 saturated heterocycles. The summed E-state index contributed by atoms with van der Waals surface area (Å²) in [4.78, 5) is 38.0. The highest BCUT2D eigenvalue weighted by Gasteiger charge is 2.37. The van der Waals surface area contributed by atoms with E-state index < -0.39 is 11.8 Å². The van der Waals surface area contributed by atoms with E-state index in [1.54, 1.807) is 48.5 Å². The Morgan fingerprint density at radius 1 is 0.905 bits per heavy atom. The van der Waals surface area contributed by atoms with E-state index in [0.29, 0.717) is 22.4 Å². The van der Waals surface area contributed by atoms with Crippen molar-refractivity contribution in [3.63, 3.8) is 0 Å². The zero-order valence-corrected chi connectivity index (χ0v) is 12.5. The SMILES string of the molecule is O=C(CBr)c1ccccc1N1C(=O)c2ccccc2C1=O. The normalized spacial score (nSPS) is 13.5. The maximum atomic E-state index is 12.5. The Kier molecular flexibility index (Phi) is 3.43. The first kappa shape index (κ1) is 13.7. The average molecular weight is 344 g/mol. The minimum absolute atomic E-state index is 0.132. The molecule has 0 atom stereocenters. The number of hydrogen-bond acceptors (Lipinski definition) is 3. The summed E-state index contributed by atoms with van der Waals surface area (Å²) < 4.78 is 0. The monoisotopic (exact) mass is 343 g/mol. The molecule has 1 heterocycles. The van der Waals surface area contributed by atoms with Gasteiger partial charge in [-0.1, -0.05) is 40.2 Å². The average Bonchev–Trinajstić information content (AvgIpc) is 2.78. The highest BCUT2D eigenvalue weighted by molar-refractivity contribution is 9.09. The molecule has 0 saturated carbocycles. The van der Waals surface area contributed by atoms with Crippen LogP contribution in [0.25, 0.3) is 0 Å². The number of alkyl halides is 1. The van der Waals surface area contributed by atoms with E-state index in [2.05, 4.69) is 15.9 Å². The van der Waals surface area contributed by atoms with Crippen molar-refractivity contribution in [2.75, 3.05) is 10.2 Å². The van der Waals surface area contributed by atoms with Crippen LogP contribution in [0.15, 0.2) is 48.5 Å². The smallest absolute Gasteiger partial charge is 0.266 e. The lowest BCUT2D eigenvalue weighted by molar-refractivity contribution is 0.0926. The van der Waals surface area contributed by atoms with Crippen LogP contribution in [0.3, 0.4) is 0 Å². The molecular formula is C16H10BrNO3. The number of rotatable bonds is 3. The molecule has 4 nitrogen and oxygen atoms in total. The lowest BCUT2D eigenvalue weighted by atomic mass is 10.1. The largest absolute Gasteiger partial charge is 0.293 e. The molecule has 2 aromatic carbocycles. The highest BCUT2D eigenvalue weighted by atomic mass is 79.9. The predicted octanol–water partition coefficient (Wildman–Crippen LogP) is 3.06. The number of fused-ring (bicyclic) bond motifs is 1. The van der Waals surface area contributed by atoms with Gasteiger partial charge in [-0.15, -0.1) is 0 Å². The lowest BCUT2D eigenvalue weighted by Gasteiger charge is -2.17. The Morgan fingerprint density at radius 2 is 1.43 bits per heavy atom. The molecule has 0 fully saturated rings. The second kappa shape index (κ2) is 5.26. The second-order valence-corrected chi connectivity index (χ2v) is 5.13. The Morgan fingerprint density at radius 3 is 2.00 bits per heavy atom. The first-order chi connectivity index (χ1) is 10.1. The zero-order chi connectivity index (χ0) is 15.0. The van der Waals surface area contributed by atoms with Gasteiger partial charge in [-0.25, -0.2) is 4.90 Å². The summed E-state index contributed by atoms with van der Waals surface area (Å²) in [6, 6.07) is 13.3. The zero-order valence-electron chi connectivity index (χ0n) is 10.9. The first-order valence-electron chi connectivity index (χ1n) is 6.31. The van der Waals surface area contributed by atoms with Gasteiger partial charge in [-0.2, -0.15) is 0 Å². The number of imide groups is 1. The summed E-state index contributed by atoms with van der Waals surface area (Å²) >= 11 is 3.11. The third kappa shape index (κ3) is 2.10. The van der Waals surface area contributed by atoms with Crippen LogP contribution in [0.2, 0.25) is 0 Å². The molecule has 2 aromatic rings. The fourth-order valence-electron chi connectivity index (χ4n) is 2.38. The molecule has 0 aromatic heterocycles. The Hall–Kier alpha value is -2.27. The van der Waals surface area contributed by atoms with E-state index in [9.17, 15) is 14.4 Å². The molecule has 0 unspecified atom stereocenters. The van der Waals surface area contributed by atoms with Gasteiger partial charge in [-0.3, -0.25) is 14.4 Å². The number of ketones is 1. The van der Waals surface area contributed by atoms with Gasteiger partial charge >= 0.3 is 0 Å². The van der Waals surface area contributed by atoms with Gasteiger partial charge in [0.1, 0.15) is 0 Å². The number of nitrogens with zero attached hydrogens (tertiary/aromatic N) is 1. The minimum Gasteiger partial charge on any atom is -0.293 e. The second-order valence-electron chi connectivity index (χ2n) is 4.57. The van der Waals surface area contributed by atoms with Crippen LogP contribution in [0, 0.1) is 0 Å². The first-order valence-corrected chi connectivity index (χ1v) is 7.43. The number of hydrogen-bond donors (Lipinski definition) is 0. The molecule has 0 radical (unpaired) electrons. The number of benzene rings is 2. The van der Waals surface area contributed by atoms with Gasteiger partial charge in [0.2, 0.25) is 0 Å². The molecule has 1 aliphatic rings. The number of para-hydroxylation sites is 1. The van der Waals surface area contributed by atoms with E-state index in [1.807, 2.05) is 0 Å². The van der Waals surface area contributed by atoms with E-state index in [4.69, 9.17) is 0 Å². The number of anilines is 1. The van der Waals surface area contributed by atoms with Crippen LogP contribution in [0.4, 0.5) is 5.69 Å². The third-order valence-electron chi connectivity index (χ3n) is 3.36. The van der Waals surface area contributed by atoms with E-state index >= 15 is 0 Å². The summed E-state index contributed by atoms with van der Waals surface area (Å²) in [6.45, 7) is 0. The fourth-order valence-corrected chi connectivity index (χ4v) is 2.69. The summed E-state index contributed by atoms with van der Waals surface area (Å²) in [6.07, 6.45) is 0. The molecule has 0 spiro atoms. The number of halogens is 1. The predicted molar refractivity (Wildman–Crippen MR) is 82.1 cm³/mol. The maximum Gasteiger partial charge on any atom is 0.266 e. The van der Waals surface area contributed by atoms with Gasteiger partial charge in [0.15, 0.2) is 5.78 Å². The summed E-state index contributed by atoms with van der Waals surface area (Å²) in [5, 5.41) is 0.132. The van der Waals surface area contributed by atoms with Gasteiger partial charge in [-0.05, 0) is 24.3 Å². The van der Waals surface area contributed by atoms with Crippen LogP contribution in [-0.4, -0.2) is 22.9 Å². The van der Waals surface area contributed by atoms with Crippen LogP contribution in [-0.2, 0) is 0 Å². The third-order valence-corrected chi connectivity index (χ3v) is 3.87. The summed E-state index contributed by atoms with van der Waals surface area (Å²) in [7, 11) is 0. The molecular weight excluding hydrogens is 334 g/mol. The lowest BCUT2D eigenvalue weighted by Crippen LogP contribution is -2.31. The van der Waals surface area contributed by atoms with Crippen molar-refractivity contribution < 1.29 is 14.4 Å². The van der Waals surface area contributed by atoms with Crippen molar-refractivity contribution in [3.05, 3.63) is 65.2 Å². The molecule has 0 aliphatic carbocycles. The fraction of sp³-hybridized carbons (Fsp3) is 0.0625. The Balaban J connectivity index is 2.14. The summed E-state index contributed by atoms with van der Waals surface area (Å²) in [5.41, 5.74) is 1.41. The molecule has 2 amide bonds. The topological polar surface area (TPSA) is 54.5 Å². The van der Waals surface area contributed by atoms with E-state index in [1.165, 1.54) is 0 Å². The number of carbonyl (C=O) groups excluding carboxylic acids is 3. The van der Waals surface area contributed by atoms with Crippen molar-refractivity contribution in [2.45, 2.75) is 0 Å². The minimum atomic E-state index is -0.398. The number of amides is 2. The molecule has 104 valence electrons. The molecule has 0 N–H and O–H groups in total. The molecule has 0 bridgehead atoms. The van der Waals surface area contributed by atoms with E-state index in [0.717, 1.165) is 4.90 Å². The maximum absolute atomic E-state index is 12.5. The van der Waals surface area contributed by atoms with Gasteiger partial charge in [0.25, 0.3) is 11.8 Å². The molecule has 21 heavy (non-hydrogen) atoms. The molecule has 1 aliphatic heterocycles. The van der Waals surface area contributed by atoms with Crippen LogP contribution >= 0.6 is 15.9 Å². The van der Waals surface area contributed by atoms with Crippen LogP contribution in [0.1, 0.15) is 31.1 Å². The van der Waals surface area contributed by atoms with Crippen molar-refractivity contribution in [1.82, 2.24) is 0 Å². The van der Waals surface area contributed by atoms with E-state index in [-0.39, 0.29) is 11.1 Å². The van der Waals surface area contributed by atoms with Crippen molar-refractivity contribution in [2.24, 2.45) is 0 Å². The number of Topliss-reactive ketones (excluding diaryl/α,β-unsaturated/α-hetero) is 1. The molecule has 3 rings (SSSR count). The van der Waals surface area contributed by atoms with Crippen molar-refractivity contribution in [3.8, 4) is 0 Å². The van der Waals surface area contributed by atoms with Crippen molar-refractivity contribution in [1.29, 1.82) is 0 Å². The number of carbonyl (C=O) groups is 3. The Bertz CT molecular complexity index is 735. The quantitative estimate of drug-likeness (QED) is 0.489. The van der Waals surface area contributed by atoms with Crippen LogP contribution in [0.5, 0.6) is 0 Å². The standard InChI is InChI=1S/C16H10BrNO3/c17-9-14(19)12-7-3-4-8-13(12)18-15(20)10-5-1-2-6-11(10)16(18)21/h1-8H,9H2. The Labute approximate surface area is 129 Å². The van der Waals surface area contributed by atoms with Gasteiger partial charge in [0.05, 0.1) is 22.1 Å².